The van der Waals surface area contributed by atoms with Crippen LogP contribution in [0, 0.1) is 0 Å². The van der Waals surface area contributed by atoms with Gasteiger partial charge in [0.05, 0.1) is 0 Å². The zero-order chi connectivity index (χ0) is 17.2. The number of rotatable bonds is 6. The highest BCUT2D eigenvalue weighted by molar-refractivity contribution is 5.95. The van der Waals surface area contributed by atoms with E-state index in [1.807, 2.05) is 70.2 Å². The molecule has 1 aromatic carbocycles. The molecular formula is C20H30O2. The third-order valence-corrected chi connectivity index (χ3v) is 2.64. The predicted octanol–water partition coefficient (Wildman–Crippen LogP) is 5.79. The van der Waals surface area contributed by atoms with Crippen LogP contribution in [-0.2, 0) is 4.79 Å². The normalized spacial score (nSPS) is 9.09. The van der Waals surface area contributed by atoms with E-state index in [4.69, 9.17) is 0 Å². The summed E-state index contributed by atoms with van der Waals surface area (Å²) in [5.41, 5.74) is 0.810. The van der Waals surface area contributed by atoms with Gasteiger partial charge in [-0.05, 0) is 20.3 Å². The second-order valence-corrected chi connectivity index (χ2v) is 4.55. The minimum atomic E-state index is 0.209. The van der Waals surface area contributed by atoms with Crippen LogP contribution in [0.5, 0.6) is 0 Å². The van der Waals surface area contributed by atoms with Crippen LogP contribution in [0.2, 0.25) is 0 Å². The third-order valence-electron chi connectivity index (χ3n) is 2.64. The van der Waals surface area contributed by atoms with Crippen LogP contribution in [0.3, 0.4) is 0 Å². The molecule has 0 saturated heterocycles. The Morgan fingerprint density at radius 2 is 1.59 bits per heavy atom. The summed E-state index contributed by atoms with van der Waals surface area (Å²) in [6.45, 7) is 11.0. The predicted molar refractivity (Wildman–Crippen MR) is 96.3 cm³/mol. The van der Waals surface area contributed by atoms with E-state index in [0.717, 1.165) is 12.0 Å². The van der Waals surface area contributed by atoms with Crippen LogP contribution >= 0.6 is 0 Å². The fraction of sp³-hybridized carbons (Fsp3) is 0.400. The molecule has 0 saturated carbocycles. The van der Waals surface area contributed by atoms with Gasteiger partial charge in [-0.25, -0.2) is 0 Å². The number of carbonyl (C=O) groups excluding carboxylic acids is 2. The van der Waals surface area contributed by atoms with E-state index in [0.29, 0.717) is 25.0 Å². The number of ketones is 2. The number of Topliss-reactive ketones (excluding diaryl/α,β-unsaturated/α-hetero) is 2. The van der Waals surface area contributed by atoms with Crippen LogP contribution in [-0.4, -0.2) is 11.6 Å². The second-order valence-electron chi connectivity index (χ2n) is 4.55. The molecule has 0 heterocycles. The van der Waals surface area contributed by atoms with Crippen molar-refractivity contribution < 1.29 is 9.59 Å². The van der Waals surface area contributed by atoms with Gasteiger partial charge in [-0.1, -0.05) is 62.4 Å². The van der Waals surface area contributed by atoms with Crippen molar-refractivity contribution in [1.29, 1.82) is 0 Å². The Kier molecular flexibility index (Phi) is 17.3. The zero-order valence-electron chi connectivity index (χ0n) is 14.5. The van der Waals surface area contributed by atoms with Crippen molar-refractivity contribution >= 4 is 11.6 Å². The summed E-state index contributed by atoms with van der Waals surface area (Å²) >= 11 is 0. The summed E-state index contributed by atoms with van der Waals surface area (Å²) in [5.74, 6) is 0.564. The fourth-order valence-electron chi connectivity index (χ4n) is 1.42. The summed E-state index contributed by atoms with van der Waals surface area (Å²) < 4.78 is 0. The number of carbonyl (C=O) groups is 2. The highest BCUT2D eigenvalue weighted by Gasteiger charge is 1.98. The molecule has 1 rings (SSSR count). The SMILES string of the molecule is C=CC.CC=CCCC(=O)CC.CCC(=O)c1ccccc1. The van der Waals surface area contributed by atoms with Crippen LogP contribution in [0.15, 0.2) is 55.1 Å². The molecule has 0 aromatic heterocycles. The Morgan fingerprint density at radius 3 is 2.00 bits per heavy atom. The van der Waals surface area contributed by atoms with Gasteiger partial charge in [-0.3, -0.25) is 9.59 Å². The first-order valence-electron chi connectivity index (χ1n) is 7.85. The monoisotopic (exact) mass is 302 g/mol. The maximum absolute atomic E-state index is 11.0. The van der Waals surface area contributed by atoms with E-state index in [2.05, 4.69) is 6.58 Å². The maximum atomic E-state index is 11.0. The Labute approximate surface area is 135 Å². The molecule has 0 amide bonds. The summed E-state index contributed by atoms with van der Waals surface area (Å²) in [5, 5.41) is 0. The second kappa shape index (κ2) is 17.1. The first-order valence-corrected chi connectivity index (χ1v) is 7.85. The Balaban J connectivity index is 0. The molecule has 2 nitrogen and oxygen atoms in total. The van der Waals surface area contributed by atoms with Crippen molar-refractivity contribution in [3.8, 4) is 0 Å². The molecule has 0 bridgehead atoms. The molecule has 0 aliphatic carbocycles. The quantitative estimate of drug-likeness (QED) is 0.492. The Morgan fingerprint density at radius 1 is 1.05 bits per heavy atom. The maximum Gasteiger partial charge on any atom is 0.162 e. The minimum absolute atomic E-state index is 0.209. The smallest absolute Gasteiger partial charge is 0.162 e. The summed E-state index contributed by atoms with van der Waals surface area (Å²) in [6.07, 6.45) is 8.63. The number of hydrogen-bond donors (Lipinski definition) is 0. The largest absolute Gasteiger partial charge is 0.300 e. The molecule has 0 fully saturated rings. The minimum Gasteiger partial charge on any atom is -0.300 e. The number of allylic oxidation sites excluding steroid dienone is 3. The lowest BCUT2D eigenvalue weighted by atomic mass is 10.1. The summed E-state index contributed by atoms with van der Waals surface area (Å²) in [6, 6.07) is 9.34. The van der Waals surface area contributed by atoms with Crippen LogP contribution in [0.4, 0.5) is 0 Å². The molecule has 0 unspecified atom stereocenters. The standard InChI is InChI=1S/C9H10O.C8H14O.C3H6/c1-2-9(10)8-6-4-3-5-7-8;1-3-5-6-7-8(9)4-2;1-3-2/h3-7H,2H2,1H3;3,5H,4,6-7H2,1-2H3;3H,1H2,2H3. The van der Waals surface area contributed by atoms with Gasteiger partial charge >= 0.3 is 0 Å². The highest BCUT2D eigenvalue weighted by Crippen LogP contribution is 2.01. The van der Waals surface area contributed by atoms with Gasteiger partial charge in [0.15, 0.2) is 5.78 Å². The first kappa shape index (κ1) is 22.3. The molecule has 1 aromatic rings. The lowest BCUT2D eigenvalue weighted by molar-refractivity contribution is -0.118. The van der Waals surface area contributed by atoms with Crippen molar-refractivity contribution in [3.63, 3.8) is 0 Å². The molecule has 0 radical (unpaired) electrons. The fourth-order valence-corrected chi connectivity index (χ4v) is 1.42. The Bertz CT molecular complexity index is 430. The van der Waals surface area contributed by atoms with Crippen molar-refractivity contribution in [2.24, 2.45) is 0 Å². The lowest BCUT2D eigenvalue weighted by Gasteiger charge is -1.93. The average Bonchev–Trinajstić information content (AvgIpc) is 2.56. The highest BCUT2D eigenvalue weighted by atomic mass is 16.1. The van der Waals surface area contributed by atoms with Gasteiger partial charge in [0.2, 0.25) is 0 Å². The first-order chi connectivity index (χ1) is 10.6. The average molecular weight is 302 g/mol. The van der Waals surface area contributed by atoms with Crippen molar-refractivity contribution in [3.05, 3.63) is 60.7 Å². The van der Waals surface area contributed by atoms with E-state index in [1.165, 1.54) is 0 Å². The van der Waals surface area contributed by atoms with Crippen LogP contribution < -0.4 is 0 Å². The van der Waals surface area contributed by atoms with Crippen LogP contribution in [0.25, 0.3) is 0 Å². The van der Waals surface area contributed by atoms with Gasteiger partial charge in [0.25, 0.3) is 0 Å². The zero-order valence-corrected chi connectivity index (χ0v) is 14.5. The molecule has 0 aliphatic heterocycles. The number of hydrogen-bond acceptors (Lipinski definition) is 2. The van der Waals surface area contributed by atoms with E-state index >= 15 is 0 Å². The van der Waals surface area contributed by atoms with Crippen molar-refractivity contribution in [2.45, 2.75) is 53.4 Å². The number of benzene rings is 1. The van der Waals surface area contributed by atoms with Gasteiger partial charge in [-0.15, -0.1) is 6.58 Å². The lowest BCUT2D eigenvalue weighted by Crippen LogP contribution is -1.94. The molecule has 22 heavy (non-hydrogen) atoms. The van der Waals surface area contributed by atoms with Gasteiger partial charge < -0.3 is 0 Å². The molecule has 2 heteroatoms. The van der Waals surface area contributed by atoms with Crippen molar-refractivity contribution in [2.75, 3.05) is 0 Å². The summed E-state index contributed by atoms with van der Waals surface area (Å²) in [7, 11) is 0. The molecule has 0 N–H and O–H groups in total. The van der Waals surface area contributed by atoms with Gasteiger partial charge in [0, 0.05) is 24.8 Å². The van der Waals surface area contributed by atoms with Gasteiger partial charge in [0.1, 0.15) is 5.78 Å². The Hall–Kier alpha value is -1.96. The van der Waals surface area contributed by atoms with Crippen LogP contribution in [0.1, 0.15) is 63.7 Å². The third kappa shape index (κ3) is 14.4. The van der Waals surface area contributed by atoms with E-state index in [-0.39, 0.29) is 5.78 Å². The molecule has 122 valence electrons. The van der Waals surface area contributed by atoms with E-state index in [1.54, 1.807) is 6.08 Å². The molecular weight excluding hydrogens is 272 g/mol. The van der Waals surface area contributed by atoms with E-state index < -0.39 is 0 Å². The molecule has 0 spiro atoms. The van der Waals surface area contributed by atoms with Crippen molar-refractivity contribution in [1.82, 2.24) is 0 Å². The molecule has 0 aliphatic rings. The topological polar surface area (TPSA) is 34.1 Å². The van der Waals surface area contributed by atoms with E-state index in [9.17, 15) is 9.59 Å². The molecule has 0 atom stereocenters. The summed E-state index contributed by atoms with van der Waals surface area (Å²) in [4.78, 5) is 21.7. The van der Waals surface area contributed by atoms with Gasteiger partial charge in [-0.2, -0.15) is 0 Å².